The minimum absolute atomic E-state index is 0.255. The molecule has 202 valence electrons. The van der Waals surface area contributed by atoms with Gasteiger partial charge in [-0.05, 0) is 42.0 Å². The quantitative estimate of drug-likeness (QED) is 0.258. The normalized spacial score (nSPS) is 12.1. The molecule has 10 nitrogen and oxygen atoms in total. The Hall–Kier alpha value is -5.38. The summed E-state index contributed by atoms with van der Waals surface area (Å²) in [5.74, 6) is -0.224. The Morgan fingerprint density at radius 3 is 2.42 bits per heavy atom. The summed E-state index contributed by atoms with van der Waals surface area (Å²) >= 11 is 0. The first-order valence-electron chi connectivity index (χ1n) is 12.6. The van der Waals surface area contributed by atoms with Gasteiger partial charge in [0.1, 0.15) is 18.9 Å². The Labute approximate surface area is 230 Å². The van der Waals surface area contributed by atoms with Crippen molar-refractivity contribution < 1.29 is 28.6 Å². The highest BCUT2D eigenvalue weighted by atomic mass is 16.6. The number of benzene rings is 3. The second-order valence-corrected chi connectivity index (χ2v) is 8.73. The summed E-state index contributed by atoms with van der Waals surface area (Å²) in [6.45, 7) is 0.586. The summed E-state index contributed by atoms with van der Waals surface area (Å²) in [6, 6.07) is 23.6. The molecule has 1 aliphatic heterocycles. The fraction of sp³-hybridized carbons (Fsp3) is 0.133. The van der Waals surface area contributed by atoms with E-state index in [1.165, 1.54) is 6.08 Å². The lowest BCUT2D eigenvalue weighted by Crippen LogP contribution is -2.41. The zero-order chi connectivity index (χ0) is 27.7. The maximum Gasteiger partial charge on any atom is 0.331 e. The lowest BCUT2D eigenvalue weighted by Gasteiger charge is -2.18. The molecule has 3 aromatic carbocycles. The highest BCUT2D eigenvalue weighted by Gasteiger charge is 2.17. The molecule has 2 N–H and O–H groups in total. The smallest absolute Gasteiger partial charge is 0.331 e. The number of rotatable bonds is 8. The Bertz CT molecular complexity index is 1530. The summed E-state index contributed by atoms with van der Waals surface area (Å²) in [5, 5.41) is 9.43. The monoisotopic (exact) mass is 538 g/mol. The highest BCUT2D eigenvalue weighted by Crippen LogP contribution is 2.35. The van der Waals surface area contributed by atoms with Gasteiger partial charge in [0.15, 0.2) is 18.1 Å². The van der Waals surface area contributed by atoms with Gasteiger partial charge in [-0.1, -0.05) is 48.5 Å². The Kier molecular flexibility index (Phi) is 8.16. The number of imide groups is 1. The van der Waals surface area contributed by atoms with Crippen molar-refractivity contribution in [2.45, 2.75) is 6.54 Å². The number of hydrogen-bond acceptors (Lipinski definition) is 7. The molecule has 0 saturated heterocycles. The number of amides is 3. The number of ether oxygens (including phenoxy) is 3. The van der Waals surface area contributed by atoms with E-state index in [0.29, 0.717) is 36.0 Å². The molecular weight excluding hydrogens is 512 g/mol. The molecule has 0 saturated carbocycles. The van der Waals surface area contributed by atoms with Crippen molar-refractivity contribution >= 4 is 24.0 Å². The van der Waals surface area contributed by atoms with E-state index in [1.807, 2.05) is 78.9 Å². The molecule has 40 heavy (non-hydrogen) atoms. The Morgan fingerprint density at radius 1 is 0.925 bits per heavy atom. The number of carbonyl (C=O) groups is 3. The first-order valence-corrected chi connectivity index (χ1v) is 12.6. The van der Waals surface area contributed by atoms with Crippen LogP contribution >= 0.6 is 0 Å². The van der Waals surface area contributed by atoms with Crippen molar-refractivity contribution in [1.82, 2.24) is 20.4 Å². The zero-order valence-corrected chi connectivity index (χ0v) is 21.4. The van der Waals surface area contributed by atoms with Gasteiger partial charge < -0.3 is 19.5 Å². The molecule has 0 radical (unpaired) electrons. The van der Waals surface area contributed by atoms with Crippen LogP contribution in [0.25, 0.3) is 23.0 Å². The molecule has 0 bridgehead atoms. The van der Waals surface area contributed by atoms with Gasteiger partial charge in [0.25, 0.3) is 5.91 Å². The third-order valence-electron chi connectivity index (χ3n) is 5.87. The fourth-order valence-electron chi connectivity index (χ4n) is 3.96. The van der Waals surface area contributed by atoms with Gasteiger partial charge in [0.05, 0.1) is 5.69 Å². The number of hydrogen-bond donors (Lipinski definition) is 2. The van der Waals surface area contributed by atoms with E-state index in [2.05, 4.69) is 10.6 Å². The third-order valence-corrected chi connectivity index (χ3v) is 5.87. The van der Waals surface area contributed by atoms with Crippen molar-refractivity contribution in [2.75, 3.05) is 19.8 Å². The molecule has 0 atom stereocenters. The van der Waals surface area contributed by atoms with Gasteiger partial charge in [-0.3, -0.25) is 10.1 Å². The fourth-order valence-corrected chi connectivity index (χ4v) is 3.96. The third kappa shape index (κ3) is 6.73. The number of para-hydroxylation sites is 1. The summed E-state index contributed by atoms with van der Waals surface area (Å²) in [6.07, 6.45) is 4.55. The summed E-state index contributed by atoms with van der Waals surface area (Å²) in [4.78, 5) is 36.4. The number of nitrogens with one attached hydrogen (secondary N) is 2. The van der Waals surface area contributed by atoms with Gasteiger partial charge >= 0.3 is 12.0 Å². The number of urea groups is 1. The lowest BCUT2D eigenvalue weighted by molar-refractivity contribution is -0.143. The van der Waals surface area contributed by atoms with Gasteiger partial charge in [-0.15, -0.1) is 0 Å². The van der Waals surface area contributed by atoms with Crippen LogP contribution in [-0.2, 0) is 20.9 Å². The van der Waals surface area contributed by atoms with Gasteiger partial charge in [-0.25, -0.2) is 14.3 Å². The molecule has 0 spiro atoms. The molecule has 3 amide bonds. The van der Waals surface area contributed by atoms with Crippen LogP contribution in [0, 0.1) is 0 Å². The molecule has 2 heterocycles. The Morgan fingerprint density at radius 2 is 1.65 bits per heavy atom. The minimum atomic E-state index is -0.750. The molecule has 1 aliphatic rings. The van der Waals surface area contributed by atoms with Crippen LogP contribution in [0.1, 0.15) is 11.1 Å². The van der Waals surface area contributed by atoms with E-state index in [0.717, 1.165) is 16.8 Å². The van der Waals surface area contributed by atoms with Crippen molar-refractivity contribution in [1.29, 1.82) is 0 Å². The summed E-state index contributed by atoms with van der Waals surface area (Å²) < 4.78 is 18.1. The maximum absolute atomic E-state index is 12.4. The summed E-state index contributed by atoms with van der Waals surface area (Å²) in [7, 11) is 0. The molecule has 10 heteroatoms. The van der Waals surface area contributed by atoms with E-state index in [1.54, 1.807) is 17.0 Å². The first-order chi connectivity index (χ1) is 19.5. The van der Waals surface area contributed by atoms with Crippen LogP contribution in [-0.4, -0.2) is 47.5 Å². The first kappa shape index (κ1) is 26.2. The van der Waals surface area contributed by atoms with Crippen molar-refractivity contribution in [3.8, 4) is 28.4 Å². The van der Waals surface area contributed by atoms with Gasteiger partial charge in [0, 0.05) is 29.9 Å². The van der Waals surface area contributed by atoms with Gasteiger partial charge in [0.2, 0.25) is 0 Å². The predicted octanol–water partition coefficient (Wildman–Crippen LogP) is 3.89. The SMILES string of the molecule is O=C(COC(=O)C=Cc1cn(-c2ccccc2)nc1-c1ccc2c(c1)OCCO2)NC(=O)NCc1ccccc1. The van der Waals surface area contributed by atoms with Crippen molar-refractivity contribution in [2.24, 2.45) is 0 Å². The lowest BCUT2D eigenvalue weighted by atomic mass is 10.1. The van der Waals surface area contributed by atoms with Crippen LogP contribution in [0.15, 0.2) is 91.1 Å². The molecule has 1 aromatic heterocycles. The second kappa shape index (κ2) is 12.4. The summed E-state index contributed by atoms with van der Waals surface area (Å²) in [5.41, 5.74) is 3.74. The average molecular weight is 539 g/mol. The minimum Gasteiger partial charge on any atom is -0.486 e. The topological polar surface area (TPSA) is 121 Å². The molecule has 5 rings (SSSR count). The zero-order valence-electron chi connectivity index (χ0n) is 21.4. The predicted molar refractivity (Wildman–Crippen MR) is 147 cm³/mol. The van der Waals surface area contributed by atoms with E-state index >= 15 is 0 Å². The highest BCUT2D eigenvalue weighted by molar-refractivity contribution is 5.96. The van der Waals surface area contributed by atoms with Crippen LogP contribution in [0.4, 0.5) is 4.79 Å². The van der Waals surface area contributed by atoms with Crippen molar-refractivity contribution in [3.05, 3.63) is 102 Å². The number of nitrogens with zero attached hydrogens (tertiary/aromatic N) is 2. The molecule has 0 aliphatic carbocycles. The molecule has 0 unspecified atom stereocenters. The Balaban J connectivity index is 1.23. The van der Waals surface area contributed by atoms with E-state index in [4.69, 9.17) is 19.3 Å². The van der Waals surface area contributed by atoms with Crippen LogP contribution in [0.5, 0.6) is 11.5 Å². The average Bonchev–Trinajstić information content (AvgIpc) is 3.43. The van der Waals surface area contributed by atoms with E-state index in [-0.39, 0.29) is 6.54 Å². The number of carbonyl (C=O) groups excluding carboxylic acids is 3. The van der Waals surface area contributed by atoms with E-state index in [9.17, 15) is 14.4 Å². The molecule has 4 aromatic rings. The number of fused-ring (bicyclic) bond motifs is 1. The van der Waals surface area contributed by atoms with E-state index < -0.39 is 24.5 Å². The maximum atomic E-state index is 12.4. The van der Waals surface area contributed by atoms with Crippen LogP contribution in [0.3, 0.4) is 0 Å². The number of esters is 1. The standard InChI is InChI=1S/C30H26N4O6/c35-27(32-30(37)31-18-21-7-3-1-4-8-21)20-40-28(36)14-12-23-19-34(24-9-5-2-6-10-24)33-29(23)22-11-13-25-26(17-22)39-16-15-38-25/h1-14,17,19H,15-16,18,20H2,(H2,31,32,35,37). The molecule has 0 fully saturated rings. The molecular formula is C30H26N4O6. The van der Waals surface area contributed by atoms with Crippen molar-refractivity contribution in [3.63, 3.8) is 0 Å². The number of aromatic nitrogens is 2. The van der Waals surface area contributed by atoms with Crippen LogP contribution in [0.2, 0.25) is 0 Å². The van der Waals surface area contributed by atoms with Crippen LogP contribution < -0.4 is 20.1 Å². The van der Waals surface area contributed by atoms with Gasteiger partial charge in [-0.2, -0.15) is 5.10 Å². The second-order valence-electron chi connectivity index (χ2n) is 8.73. The largest absolute Gasteiger partial charge is 0.486 e.